The predicted molar refractivity (Wildman–Crippen MR) is 104 cm³/mol. The summed E-state index contributed by atoms with van der Waals surface area (Å²) >= 11 is 0. The van der Waals surface area contributed by atoms with Gasteiger partial charge >= 0.3 is 0 Å². The Bertz CT molecular complexity index is 1170. The summed E-state index contributed by atoms with van der Waals surface area (Å²) in [6.07, 6.45) is 4.52. The summed E-state index contributed by atoms with van der Waals surface area (Å²) < 4.78 is 42.4. The third kappa shape index (κ3) is 3.10. The van der Waals surface area contributed by atoms with Gasteiger partial charge in [-0.25, -0.2) is 23.1 Å². The minimum absolute atomic E-state index is 0.162. The zero-order chi connectivity index (χ0) is 20.0. The fourth-order valence-electron chi connectivity index (χ4n) is 3.72. The van der Waals surface area contributed by atoms with Crippen LogP contribution in [0.4, 0.5) is 19.0 Å². The molecule has 0 amide bonds. The molecule has 4 aromatic rings. The average Bonchev–Trinajstić information content (AvgIpc) is 3.30. The number of imidazole rings is 1. The van der Waals surface area contributed by atoms with Gasteiger partial charge in [-0.05, 0) is 18.2 Å². The topological polar surface area (TPSA) is 57.7 Å². The van der Waals surface area contributed by atoms with Crippen molar-refractivity contribution in [3.05, 3.63) is 60.8 Å². The van der Waals surface area contributed by atoms with E-state index in [9.17, 15) is 13.2 Å². The highest BCUT2D eigenvalue weighted by atomic mass is 19.3. The number of fused-ring (bicyclic) bond motifs is 1. The largest absolute Gasteiger partial charge is 0.350 e. The molecule has 5 rings (SSSR count). The van der Waals surface area contributed by atoms with Crippen molar-refractivity contribution in [1.82, 2.24) is 19.9 Å². The number of nitrogens with zero attached hydrogens (tertiary/aromatic N) is 4. The van der Waals surface area contributed by atoms with Crippen LogP contribution in [0.3, 0.4) is 0 Å². The second-order valence-corrected chi connectivity index (χ2v) is 7.04. The molecule has 0 aliphatic carbocycles. The number of aromatic nitrogens is 4. The van der Waals surface area contributed by atoms with Gasteiger partial charge in [-0.3, -0.25) is 4.98 Å². The molecule has 4 heterocycles. The Morgan fingerprint density at radius 3 is 2.66 bits per heavy atom. The van der Waals surface area contributed by atoms with Gasteiger partial charge in [0.1, 0.15) is 17.5 Å². The highest BCUT2D eigenvalue weighted by Crippen LogP contribution is 2.41. The molecule has 0 spiro atoms. The van der Waals surface area contributed by atoms with Gasteiger partial charge in [0.2, 0.25) is 0 Å². The summed E-state index contributed by atoms with van der Waals surface area (Å²) in [4.78, 5) is 17.8. The number of rotatable bonds is 3. The molecule has 0 unspecified atom stereocenters. The molecule has 3 aromatic heterocycles. The molecule has 146 valence electrons. The van der Waals surface area contributed by atoms with Gasteiger partial charge in [-0.1, -0.05) is 18.2 Å². The molecule has 5 nitrogen and oxygen atoms in total. The lowest BCUT2D eigenvalue weighted by atomic mass is 9.99. The van der Waals surface area contributed by atoms with Crippen LogP contribution in [0.25, 0.3) is 33.5 Å². The van der Waals surface area contributed by atoms with Crippen LogP contribution < -0.4 is 4.90 Å². The highest BCUT2D eigenvalue weighted by molar-refractivity contribution is 5.91. The van der Waals surface area contributed by atoms with E-state index >= 15 is 0 Å². The fourth-order valence-corrected chi connectivity index (χ4v) is 3.72. The summed E-state index contributed by atoms with van der Waals surface area (Å²) in [7, 11) is 0. The smallest absolute Gasteiger partial charge is 0.266 e. The van der Waals surface area contributed by atoms with E-state index in [-0.39, 0.29) is 13.0 Å². The summed E-state index contributed by atoms with van der Waals surface area (Å²) in [5.74, 6) is -2.40. The van der Waals surface area contributed by atoms with Gasteiger partial charge in [-0.2, -0.15) is 0 Å². The van der Waals surface area contributed by atoms with Crippen molar-refractivity contribution in [2.24, 2.45) is 0 Å². The van der Waals surface area contributed by atoms with E-state index in [1.54, 1.807) is 42.7 Å². The van der Waals surface area contributed by atoms with Crippen molar-refractivity contribution in [2.75, 3.05) is 18.0 Å². The van der Waals surface area contributed by atoms with E-state index in [0.717, 1.165) is 0 Å². The molecule has 1 aromatic carbocycles. The quantitative estimate of drug-likeness (QED) is 0.548. The Morgan fingerprint density at radius 1 is 1.03 bits per heavy atom. The Balaban J connectivity index is 1.76. The third-order valence-corrected chi connectivity index (χ3v) is 5.08. The molecule has 1 aliphatic heterocycles. The monoisotopic (exact) mass is 395 g/mol. The van der Waals surface area contributed by atoms with Crippen LogP contribution >= 0.6 is 0 Å². The molecule has 1 fully saturated rings. The first-order chi connectivity index (χ1) is 14.0. The normalized spacial score (nSPS) is 15.9. The number of halogens is 3. The second kappa shape index (κ2) is 6.58. The number of pyridine rings is 2. The summed E-state index contributed by atoms with van der Waals surface area (Å²) in [5, 5.41) is 0. The predicted octanol–water partition coefficient (Wildman–Crippen LogP) is 4.67. The molecule has 0 radical (unpaired) electrons. The van der Waals surface area contributed by atoms with Crippen LogP contribution in [0.1, 0.15) is 6.42 Å². The van der Waals surface area contributed by atoms with Gasteiger partial charge in [0.25, 0.3) is 5.92 Å². The lowest BCUT2D eigenvalue weighted by Gasteiger charge is -2.22. The Kier molecular flexibility index (Phi) is 4.01. The van der Waals surface area contributed by atoms with Crippen LogP contribution in [0.15, 0.2) is 55.0 Å². The highest BCUT2D eigenvalue weighted by Gasteiger charge is 2.40. The van der Waals surface area contributed by atoms with Crippen molar-refractivity contribution < 1.29 is 13.2 Å². The summed E-state index contributed by atoms with van der Waals surface area (Å²) in [6, 6.07) is 9.78. The Labute approximate surface area is 164 Å². The Morgan fingerprint density at radius 2 is 1.90 bits per heavy atom. The average molecular weight is 395 g/mol. The molecule has 0 saturated carbocycles. The van der Waals surface area contributed by atoms with Crippen molar-refractivity contribution in [1.29, 1.82) is 0 Å². The van der Waals surface area contributed by atoms with Gasteiger partial charge in [-0.15, -0.1) is 0 Å². The maximum atomic E-state index is 14.6. The third-order valence-electron chi connectivity index (χ3n) is 5.08. The van der Waals surface area contributed by atoms with Crippen molar-refractivity contribution in [3.8, 4) is 22.5 Å². The van der Waals surface area contributed by atoms with Crippen LogP contribution in [0.5, 0.6) is 0 Å². The van der Waals surface area contributed by atoms with E-state index in [1.807, 2.05) is 0 Å². The lowest BCUT2D eigenvalue weighted by Crippen LogP contribution is -2.26. The molecule has 29 heavy (non-hydrogen) atoms. The van der Waals surface area contributed by atoms with Crippen LogP contribution in [0.2, 0.25) is 0 Å². The van der Waals surface area contributed by atoms with E-state index in [4.69, 9.17) is 0 Å². The van der Waals surface area contributed by atoms with Crippen molar-refractivity contribution in [3.63, 3.8) is 0 Å². The number of hydrogen-bond acceptors (Lipinski definition) is 4. The fraction of sp³-hybridized carbons (Fsp3) is 0.190. The number of aromatic amines is 1. The first-order valence-electron chi connectivity index (χ1n) is 9.19. The standard InChI is InChI=1S/C21H16F3N5/c22-15-4-2-1-3-13(15)14-5-9-26-20(29-10-7-21(23,24)12-29)18(14)19-27-16-6-8-25-11-17(16)28-19/h1-6,8-9,11H,7,10,12H2,(H,27,28). The molecule has 1 aliphatic rings. The number of hydrogen-bond donors (Lipinski definition) is 1. The van der Waals surface area contributed by atoms with Crippen LogP contribution in [-0.4, -0.2) is 38.9 Å². The first-order valence-corrected chi connectivity index (χ1v) is 9.19. The molecule has 0 bridgehead atoms. The van der Waals surface area contributed by atoms with Crippen LogP contribution in [-0.2, 0) is 0 Å². The van der Waals surface area contributed by atoms with Gasteiger partial charge < -0.3 is 9.88 Å². The lowest BCUT2D eigenvalue weighted by molar-refractivity contribution is 0.0257. The molecular formula is C21H16F3N5. The number of anilines is 1. The van der Waals surface area contributed by atoms with E-state index < -0.39 is 18.3 Å². The van der Waals surface area contributed by atoms with E-state index in [2.05, 4.69) is 19.9 Å². The van der Waals surface area contributed by atoms with Gasteiger partial charge in [0.05, 0.1) is 29.3 Å². The zero-order valence-electron chi connectivity index (χ0n) is 15.2. The summed E-state index contributed by atoms with van der Waals surface area (Å²) in [5.41, 5.74) is 2.76. The number of nitrogens with one attached hydrogen (secondary N) is 1. The summed E-state index contributed by atoms with van der Waals surface area (Å²) in [6.45, 7) is -0.273. The van der Waals surface area contributed by atoms with Crippen molar-refractivity contribution >= 4 is 16.9 Å². The number of alkyl halides is 2. The minimum atomic E-state index is -2.79. The molecular weight excluding hydrogens is 379 g/mol. The zero-order valence-corrected chi connectivity index (χ0v) is 15.2. The maximum absolute atomic E-state index is 14.6. The first kappa shape index (κ1) is 17.7. The number of benzene rings is 1. The SMILES string of the molecule is Fc1ccccc1-c1ccnc(N2CCC(F)(F)C2)c1-c1nc2ccncc2[nH]1. The van der Waals surface area contributed by atoms with E-state index in [0.29, 0.717) is 39.4 Å². The van der Waals surface area contributed by atoms with Gasteiger partial charge in [0, 0.05) is 36.5 Å². The number of H-pyrrole nitrogens is 1. The molecule has 8 heteroatoms. The minimum Gasteiger partial charge on any atom is -0.350 e. The maximum Gasteiger partial charge on any atom is 0.266 e. The molecule has 0 atom stereocenters. The van der Waals surface area contributed by atoms with E-state index in [1.165, 1.54) is 17.2 Å². The second-order valence-electron chi connectivity index (χ2n) is 7.04. The van der Waals surface area contributed by atoms with Crippen molar-refractivity contribution in [2.45, 2.75) is 12.3 Å². The molecule has 1 N–H and O–H groups in total. The Hall–Kier alpha value is -3.42. The van der Waals surface area contributed by atoms with Gasteiger partial charge in [0.15, 0.2) is 0 Å². The molecule has 1 saturated heterocycles. The van der Waals surface area contributed by atoms with Crippen LogP contribution in [0, 0.1) is 5.82 Å².